The average molecular weight is 262 g/mol. The highest BCUT2D eigenvalue weighted by atomic mass is 16.5. The molecular weight excluding hydrogens is 244 g/mol. The van der Waals surface area contributed by atoms with Crippen LogP contribution in [-0.4, -0.2) is 21.8 Å². The van der Waals surface area contributed by atoms with Crippen LogP contribution in [0.1, 0.15) is 24.4 Å². The van der Waals surface area contributed by atoms with Gasteiger partial charge in [-0.3, -0.25) is 0 Å². The molecule has 0 saturated heterocycles. The van der Waals surface area contributed by atoms with Crippen LogP contribution < -0.4 is 9.47 Å². The Kier molecular flexibility index (Phi) is 4.06. The standard InChI is InChI=1S/C14H18N2O3/c1-10(17)12-5-4-11(18-3)8-13(12)19-9-14-15-6-7-16(14)2/h4-8,10,17H,9H2,1-3H3. The van der Waals surface area contributed by atoms with Crippen molar-refractivity contribution in [3.63, 3.8) is 0 Å². The highest BCUT2D eigenvalue weighted by Gasteiger charge is 2.11. The van der Waals surface area contributed by atoms with Gasteiger partial charge in [-0.05, 0) is 19.1 Å². The number of aliphatic hydroxyl groups excluding tert-OH is 1. The third-order valence-electron chi connectivity index (χ3n) is 2.95. The predicted octanol–water partition coefficient (Wildman–Crippen LogP) is 2.06. The lowest BCUT2D eigenvalue weighted by molar-refractivity contribution is 0.189. The Morgan fingerprint density at radius 3 is 2.79 bits per heavy atom. The molecule has 0 radical (unpaired) electrons. The van der Waals surface area contributed by atoms with Crippen LogP contribution in [0.5, 0.6) is 11.5 Å². The van der Waals surface area contributed by atoms with E-state index in [1.54, 1.807) is 38.4 Å². The predicted molar refractivity (Wildman–Crippen MR) is 71.2 cm³/mol. The van der Waals surface area contributed by atoms with Crippen molar-refractivity contribution < 1.29 is 14.6 Å². The van der Waals surface area contributed by atoms with E-state index in [4.69, 9.17) is 9.47 Å². The Balaban J connectivity index is 2.20. The Labute approximate surface area is 112 Å². The van der Waals surface area contributed by atoms with Gasteiger partial charge in [0, 0.05) is 31.1 Å². The normalized spacial score (nSPS) is 12.2. The summed E-state index contributed by atoms with van der Waals surface area (Å²) in [4.78, 5) is 4.19. The van der Waals surface area contributed by atoms with Crippen molar-refractivity contribution in [3.8, 4) is 11.5 Å². The zero-order chi connectivity index (χ0) is 13.8. The van der Waals surface area contributed by atoms with Crippen LogP contribution in [0.15, 0.2) is 30.6 Å². The minimum absolute atomic E-state index is 0.344. The highest BCUT2D eigenvalue weighted by molar-refractivity contribution is 5.41. The third kappa shape index (κ3) is 3.06. The summed E-state index contributed by atoms with van der Waals surface area (Å²) in [6.07, 6.45) is 2.99. The zero-order valence-corrected chi connectivity index (χ0v) is 11.3. The van der Waals surface area contributed by atoms with E-state index < -0.39 is 6.10 Å². The number of aromatic nitrogens is 2. The van der Waals surface area contributed by atoms with Crippen molar-refractivity contribution in [2.75, 3.05) is 7.11 Å². The Morgan fingerprint density at radius 2 is 2.21 bits per heavy atom. The lowest BCUT2D eigenvalue weighted by Gasteiger charge is -2.14. The first-order valence-electron chi connectivity index (χ1n) is 6.07. The number of nitrogens with zero attached hydrogens (tertiary/aromatic N) is 2. The van der Waals surface area contributed by atoms with Crippen molar-refractivity contribution in [2.45, 2.75) is 19.6 Å². The van der Waals surface area contributed by atoms with Gasteiger partial charge in [0.15, 0.2) is 0 Å². The van der Waals surface area contributed by atoms with Crippen LogP contribution in [-0.2, 0) is 13.7 Å². The molecule has 1 unspecified atom stereocenters. The summed E-state index contributed by atoms with van der Waals surface area (Å²) in [7, 11) is 3.51. The Bertz CT molecular complexity index is 549. The molecule has 0 fully saturated rings. The van der Waals surface area contributed by atoms with Crippen molar-refractivity contribution in [2.24, 2.45) is 7.05 Å². The van der Waals surface area contributed by atoms with Crippen LogP contribution in [0.25, 0.3) is 0 Å². The molecule has 0 aliphatic rings. The van der Waals surface area contributed by atoms with E-state index in [0.29, 0.717) is 18.1 Å². The molecule has 0 bridgehead atoms. The Hall–Kier alpha value is -2.01. The average Bonchev–Trinajstić information content (AvgIpc) is 2.81. The summed E-state index contributed by atoms with van der Waals surface area (Å²) >= 11 is 0. The van der Waals surface area contributed by atoms with E-state index in [-0.39, 0.29) is 0 Å². The summed E-state index contributed by atoms with van der Waals surface area (Å²) in [5.41, 5.74) is 0.731. The maximum absolute atomic E-state index is 9.74. The fourth-order valence-electron chi connectivity index (χ4n) is 1.79. The molecule has 1 N–H and O–H groups in total. The number of ether oxygens (including phenoxy) is 2. The minimum Gasteiger partial charge on any atom is -0.497 e. The number of methoxy groups -OCH3 is 1. The third-order valence-corrected chi connectivity index (χ3v) is 2.95. The smallest absolute Gasteiger partial charge is 0.146 e. The highest BCUT2D eigenvalue weighted by Crippen LogP contribution is 2.29. The minimum atomic E-state index is -0.595. The van der Waals surface area contributed by atoms with Crippen LogP contribution in [0.3, 0.4) is 0 Å². The van der Waals surface area contributed by atoms with Gasteiger partial charge in [0.2, 0.25) is 0 Å². The molecule has 1 heterocycles. The van der Waals surface area contributed by atoms with Crippen molar-refractivity contribution in [1.82, 2.24) is 9.55 Å². The fraction of sp³-hybridized carbons (Fsp3) is 0.357. The Morgan fingerprint density at radius 1 is 1.42 bits per heavy atom. The molecule has 1 aromatic heterocycles. The van der Waals surface area contributed by atoms with Gasteiger partial charge in [-0.1, -0.05) is 0 Å². The van der Waals surface area contributed by atoms with Crippen molar-refractivity contribution >= 4 is 0 Å². The first-order valence-corrected chi connectivity index (χ1v) is 6.07. The molecule has 0 spiro atoms. The molecule has 5 heteroatoms. The van der Waals surface area contributed by atoms with Crippen LogP contribution >= 0.6 is 0 Å². The van der Waals surface area contributed by atoms with E-state index >= 15 is 0 Å². The van der Waals surface area contributed by atoms with Crippen molar-refractivity contribution in [3.05, 3.63) is 42.0 Å². The van der Waals surface area contributed by atoms with Crippen molar-refractivity contribution in [1.29, 1.82) is 0 Å². The number of aryl methyl sites for hydroxylation is 1. The SMILES string of the molecule is COc1ccc(C(C)O)c(OCc2nccn2C)c1. The summed E-state index contributed by atoms with van der Waals surface area (Å²) in [6.45, 7) is 2.05. The van der Waals surface area contributed by atoms with E-state index in [2.05, 4.69) is 4.98 Å². The summed E-state index contributed by atoms with van der Waals surface area (Å²) in [5, 5.41) is 9.74. The monoisotopic (exact) mass is 262 g/mol. The van der Waals surface area contributed by atoms with E-state index in [9.17, 15) is 5.11 Å². The van der Waals surface area contributed by atoms with Gasteiger partial charge < -0.3 is 19.1 Å². The van der Waals surface area contributed by atoms with E-state index in [0.717, 1.165) is 11.4 Å². The quantitative estimate of drug-likeness (QED) is 0.896. The molecule has 5 nitrogen and oxygen atoms in total. The topological polar surface area (TPSA) is 56.5 Å². The van der Waals surface area contributed by atoms with Crippen LogP contribution in [0.4, 0.5) is 0 Å². The maximum atomic E-state index is 9.74. The van der Waals surface area contributed by atoms with Gasteiger partial charge in [0.25, 0.3) is 0 Å². The number of aliphatic hydroxyl groups is 1. The van der Waals surface area contributed by atoms with Gasteiger partial charge in [-0.25, -0.2) is 4.98 Å². The molecule has 0 saturated carbocycles. The number of rotatable bonds is 5. The molecule has 0 aliphatic carbocycles. The van der Waals surface area contributed by atoms with Gasteiger partial charge >= 0.3 is 0 Å². The lowest BCUT2D eigenvalue weighted by Crippen LogP contribution is -2.05. The molecular formula is C14H18N2O3. The molecule has 19 heavy (non-hydrogen) atoms. The molecule has 2 aromatic rings. The first kappa shape index (κ1) is 13.4. The summed E-state index contributed by atoms with van der Waals surface area (Å²) in [5.74, 6) is 2.12. The molecule has 2 rings (SSSR count). The number of hydrogen-bond acceptors (Lipinski definition) is 4. The van der Waals surface area contributed by atoms with Gasteiger partial charge in [0.05, 0.1) is 13.2 Å². The van der Waals surface area contributed by atoms with Gasteiger partial charge in [-0.15, -0.1) is 0 Å². The maximum Gasteiger partial charge on any atom is 0.146 e. The summed E-state index contributed by atoms with van der Waals surface area (Å²) in [6, 6.07) is 5.37. The zero-order valence-electron chi connectivity index (χ0n) is 11.3. The second kappa shape index (κ2) is 5.75. The fourth-order valence-corrected chi connectivity index (χ4v) is 1.79. The number of hydrogen-bond donors (Lipinski definition) is 1. The summed E-state index contributed by atoms with van der Waals surface area (Å²) < 4.78 is 12.8. The van der Waals surface area contributed by atoms with Crippen LogP contribution in [0.2, 0.25) is 0 Å². The lowest BCUT2D eigenvalue weighted by atomic mass is 10.1. The second-order valence-electron chi connectivity index (χ2n) is 4.32. The largest absolute Gasteiger partial charge is 0.497 e. The molecule has 1 atom stereocenters. The molecule has 1 aromatic carbocycles. The number of benzene rings is 1. The van der Waals surface area contributed by atoms with Gasteiger partial charge in [0.1, 0.15) is 23.9 Å². The first-order chi connectivity index (χ1) is 9.11. The molecule has 102 valence electrons. The van der Waals surface area contributed by atoms with Gasteiger partial charge in [-0.2, -0.15) is 0 Å². The molecule has 0 aliphatic heterocycles. The van der Waals surface area contributed by atoms with Crippen LogP contribution in [0, 0.1) is 0 Å². The van der Waals surface area contributed by atoms with E-state index in [1.807, 2.05) is 17.8 Å². The second-order valence-corrected chi connectivity index (χ2v) is 4.32. The molecule has 0 amide bonds. The number of imidazole rings is 1. The van der Waals surface area contributed by atoms with E-state index in [1.165, 1.54) is 0 Å².